The fourth-order valence-corrected chi connectivity index (χ4v) is 2.56. The molecule has 2 rings (SSSR count). The molecule has 0 saturated heterocycles. The monoisotopic (exact) mass is 303 g/mol. The predicted octanol–water partition coefficient (Wildman–Crippen LogP) is 1.06. The van der Waals surface area contributed by atoms with Crippen LogP contribution in [0.1, 0.15) is 25.3 Å². The van der Waals surface area contributed by atoms with Crippen LogP contribution in [-0.4, -0.2) is 36.4 Å². The van der Waals surface area contributed by atoms with Crippen LogP contribution in [0.3, 0.4) is 0 Å². The number of nitrogens with one attached hydrogen (secondary N) is 1. The van der Waals surface area contributed by atoms with E-state index in [-0.39, 0.29) is 0 Å². The summed E-state index contributed by atoms with van der Waals surface area (Å²) in [7, 11) is 2.60. The summed E-state index contributed by atoms with van der Waals surface area (Å²) < 4.78 is 9.72. The van der Waals surface area contributed by atoms with Gasteiger partial charge in [0.15, 0.2) is 0 Å². The Morgan fingerprint density at radius 1 is 1.05 bits per heavy atom. The zero-order valence-electron chi connectivity index (χ0n) is 12.8. The molecule has 1 aromatic rings. The summed E-state index contributed by atoms with van der Waals surface area (Å²) in [6.07, 6.45) is 3.02. The maximum Gasteiger partial charge on any atom is 0.336 e. The van der Waals surface area contributed by atoms with E-state index in [0.717, 1.165) is 0 Å². The number of esters is 2. The molecule has 0 atom stereocenters. The van der Waals surface area contributed by atoms with Gasteiger partial charge in [-0.3, -0.25) is 0 Å². The first-order valence-electron chi connectivity index (χ1n) is 6.63. The molecule has 1 aromatic heterocycles. The Kier molecular flexibility index (Phi) is 4.55. The maximum atomic E-state index is 12.2. The number of methoxy groups -OCH3 is 2. The fraction of sp³-hybridized carbons (Fsp3) is 0.333. The third-order valence-corrected chi connectivity index (χ3v) is 3.51. The van der Waals surface area contributed by atoms with Gasteiger partial charge in [0.05, 0.1) is 37.5 Å². The molecule has 0 fully saturated rings. The molecule has 7 heteroatoms. The normalized spacial score (nSPS) is 15.5. The highest BCUT2D eigenvalue weighted by Crippen LogP contribution is 2.38. The Morgan fingerprint density at radius 3 is 2.00 bits per heavy atom. The van der Waals surface area contributed by atoms with Gasteiger partial charge in [-0.1, -0.05) is 0 Å². The number of carbonyl (C=O) groups is 2. The number of rotatable bonds is 3. The van der Waals surface area contributed by atoms with Crippen LogP contribution in [0.4, 0.5) is 0 Å². The van der Waals surface area contributed by atoms with Crippen molar-refractivity contribution >= 4 is 11.9 Å². The van der Waals surface area contributed by atoms with Gasteiger partial charge in [-0.15, -0.1) is 0 Å². The molecule has 2 heterocycles. The molecule has 0 unspecified atom stereocenters. The quantitative estimate of drug-likeness (QED) is 0.835. The second-order valence-electron chi connectivity index (χ2n) is 4.79. The Balaban J connectivity index is 2.66. The van der Waals surface area contributed by atoms with Crippen LogP contribution in [-0.2, 0) is 19.1 Å². The van der Waals surface area contributed by atoms with E-state index < -0.39 is 17.9 Å². The Hall–Kier alpha value is -2.70. The van der Waals surface area contributed by atoms with Crippen LogP contribution in [0, 0.1) is 0 Å². The first-order chi connectivity index (χ1) is 10.5. The van der Waals surface area contributed by atoms with Gasteiger partial charge < -0.3 is 14.8 Å². The topological polar surface area (TPSA) is 90.4 Å². The highest BCUT2D eigenvalue weighted by Gasteiger charge is 2.37. The average Bonchev–Trinajstić information content (AvgIpc) is 2.53. The zero-order valence-corrected chi connectivity index (χ0v) is 12.8. The number of carbonyl (C=O) groups excluding carboxylic acids is 2. The zero-order chi connectivity index (χ0) is 16.3. The minimum atomic E-state index is -0.614. The number of dihydropyridines is 1. The van der Waals surface area contributed by atoms with Crippen molar-refractivity contribution in [3.8, 4) is 0 Å². The molecule has 1 N–H and O–H groups in total. The molecule has 116 valence electrons. The Labute approximate surface area is 128 Å². The third kappa shape index (κ3) is 2.69. The molecule has 1 aliphatic rings. The Bertz CT molecular complexity index is 627. The smallest absolute Gasteiger partial charge is 0.336 e. The van der Waals surface area contributed by atoms with Gasteiger partial charge in [-0.2, -0.15) is 10.2 Å². The first-order valence-corrected chi connectivity index (χ1v) is 6.63. The van der Waals surface area contributed by atoms with Gasteiger partial charge in [0.1, 0.15) is 0 Å². The number of hydrogen-bond donors (Lipinski definition) is 1. The van der Waals surface area contributed by atoms with Crippen LogP contribution >= 0.6 is 0 Å². The molecule has 7 nitrogen and oxygen atoms in total. The van der Waals surface area contributed by atoms with Crippen LogP contribution in [0.15, 0.2) is 41.0 Å². The lowest BCUT2D eigenvalue weighted by Crippen LogP contribution is -2.32. The van der Waals surface area contributed by atoms with Crippen molar-refractivity contribution in [3.63, 3.8) is 0 Å². The highest BCUT2D eigenvalue weighted by atomic mass is 16.5. The van der Waals surface area contributed by atoms with Gasteiger partial charge in [0, 0.05) is 17.6 Å². The van der Waals surface area contributed by atoms with E-state index in [2.05, 4.69) is 15.5 Å². The average molecular weight is 303 g/mol. The lowest BCUT2D eigenvalue weighted by Gasteiger charge is -2.29. The van der Waals surface area contributed by atoms with Gasteiger partial charge in [-0.05, 0) is 25.5 Å². The fourth-order valence-electron chi connectivity index (χ4n) is 2.56. The van der Waals surface area contributed by atoms with E-state index in [1.165, 1.54) is 26.6 Å². The summed E-state index contributed by atoms with van der Waals surface area (Å²) in [5.41, 5.74) is 2.61. The summed E-state index contributed by atoms with van der Waals surface area (Å²) in [4.78, 5) is 24.4. The van der Waals surface area contributed by atoms with E-state index in [0.29, 0.717) is 28.1 Å². The van der Waals surface area contributed by atoms with Crippen molar-refractivity contribution in [1.29, 1.82) is 0 Å². The third-order valence-electron chi connectivity index (χ3n) is 3.51. The standard InChI is InChI=1S/C15H17N3O4/c1-8-11(14(19)21-3)13(10-5-6-16-17-7-10)12(9(2)18-8)15(20)22-4/h5-7,13,18H,1-4H3. The highest BCUT2D eigenvalue weighted by molar-refractivity contribution is 5.99. The van der Waals surface area contributed by atoms with Crippen LogP contribution in [0.25, 0.3) is 0 Å². The molecule has 0 spiro atoms. The van der Waals surface area contributed by atoms with Gasteiger partial charge in [-0.25, -0.2) is 9.59 Å². The number of allylic oxidation sites excluding steroid dienone is 2. The number of hydrogen-bond acceptors (Lipinski definition) is 7. The van der Waals surface area contributed by atoms with E-state index in [9.17, 15) is 9.59 Å². The van der Waals surface area contributed by atoms with Crippen molar-refractivity contribution in [2.75, 3.05) is 14.2 Å². The molecule has 0 saturated carbocycles. The Morgan fingerprint density at radius 2 is 1.59 bits per heavy atom. The van der Waals surface area contributed by atoms with Gasteiger partial charge >= 0.3 is 11.9 Å². The lowest BCUT2D eigenvalue weighted by molar-refractivity contribution is -0.137. The molecular formula is C15H17N3O4. The molecular weight excluding hydrogens is 286 g/mol. The van der Waals surface area contributed by atoms with Crippen LogP contribution in [0.2, 0.25) is 0 Å². The predicted molar refractivity (Wildman–Crippen MR) is 77.3 cm³/mol. The summed E-state index contributed by atoms with van der Waals surface area (Å²) >= 11 is 0. The van der Waals surface area contributed by atoms with Crippen LogP contribution < -0.4 is 5.32 Å². The first kappa shape index (κ1) is 15.7. The summed E-state index contributed by atoms with van der Waals surface area (Å²) in [5, 5.41) is 10.6. The molecule has 0 aromatic carbocycles. The van der Waals surface area contributed by atoms with E-state index in [4.69, 9.17) is 9.47 Å². The minimum absolute atomic E-state index is 0.349. The summed E-state index contributed by atoms with van der Waals surface area (Å²) in [6, 6.07) is 1.70. The SMILES string of the molecule is COC(=O)C1=C(C)NC(C)=C(C(=O)OC)C1c1ccnnc1. The van der Waals surface area contributed by atoms with Crippen molar-refractivity contribution in [3.05, 3.63) is 46.6 Å². The summed E-state index contributed by atoms with van der Waals surface area (Å²) in [5.74, 6) is -1.64. The van der Waals surface area contributed by atoms with E-state index in [1.807, 2.05) is 0 Å². The second kappa shape index (κ2) is 6.38. The molecule has 0 radical (unpaired) electrons. The molecule has 22 heavy (non-hydrogen) atoms. The molecule has 0 amide bonds. The van der Waals surface area contributed by atoms with Gasteiger partial charge in [0.2, 0.25) is 0 Å². The van der Waals surface area contributed by atoms with Crippen LogP contribution in [0.5, 0.6) is 0 Å². The maximum absolute atomic E-state index is 12.2. The number of nitrogens with zero attached hydrogens (tertiary/aromatic N) is 2. The molecule has 0 bridgehead atoms. The lowest BCUT2D eigenvalue weighted by atomic mass is 9.81. The van der Waals surface area contributed by atoms with Crippen molar-refractivity contribution in [2.24, 2.45) is 0 Å². The molecule has 0 aliphatic carbocycles. The van der Waals surface area contributed by atoms with Crippen molar-refractivity contribution < 1.29 is 19.1 Å². The summed E-state index contributed by atoms with van der Waals surface area (Å²) in [6.45, 7) is 3.51. The van der Waals surface area contributed by atoms with Crippen molar-refractivity contribution in [2.45, 2.75) is 19.8 Å². The second-order valence-corrected chi connectivity index (χ2v) is 4.79. The molecule has 1 aliphatic heterocycles. The largest absolute Gasteiger partial charge is 0.466 e. The van der Waals surface area contributed by atoms with E-state index in [1.54, 1.807) is 19.9 Å². The van der Waals surface area contributed by atoms with Crippen molar-refractivity contribution in [1.82, 2.24) is 15.5 Å². The van der Waals surface area contributed by atoms with Gasteiger partial charge in [0.25, 0.3) is 0 Å². The minimum Gasteiger partial charge on any atom is -0.466 e. The van der Waals surface area contributed by atoms with E-state index >= 15 is 0 Å². The number of aromatic nitrogens is 2. The number of ether oxygens (including phenoxy) is 2.